The lowest BCUT2D eigenvalue weighted by atomic mass is 10.1. The molecule has 0 aliphatic rings. The van der Waals surface area contributed by atoms with Gasteiger partial charge in [-0.1, -0.05) is 13.8 Å². The Bertz CT molecular complexity index is 352. The molecule has 0 aliphatic heterocycles. The first-order valence-corrected chi connectivity index (χ1v) is 5.94. The second-order valence-electron chi connectivity index (χ2n) is 3.86. The average molecular weight is 244 g/mol. The molecule has 1 aromatic heterocycles. The van der Waals surface area contributed by atoms with E-state index in [4.69, 9.17) is 10.2 Å². The maximum absolute atomic E-state index is 10.6. The molecule has 0 aliphatic carbocycles. The van der Waals surface area contributed by atoms with Gasteiger partial charge in [0.05, 0.1) is 12.3 Å². The number of carboxylic acids is 1. The van der Waals surface area contributed by atoms with E-state index in [9.17, 15) is 4.79 Å². The zero-order chi connectivity index (χ0) is 12.1. The van der Waals surface area contributed by atoms with Crippen LogP contribution in [0.25, 0.3) is 0 Å². The number of aliphatic hydroxyl groups is 1. The van der Waals surface area contributed by atoms with Gasteiger partial charge in [-0.05, 0) is 5.92 Å². The van der Waals surface area contributed by atoms with Gasteiger partial charge >= 0.3 is 5.97 Å². The standard InChI is InChI=1S/C10H16N2O3S/c1-6(2)8(4-13)11-3-7-5-16-9(12-7)10(14)15/h5-6,8,11,13H,3-4H2,1-2H3,(H,14,15). The van der Waals surface area contributed by atoms with Gasteiger partial charge in [0, 0.05) is 18.0 Å². The molecule has 90 valence electrons. The van der Waals surface area contributed by atoms with Crippen LogP contribution in [0.15, 0.2) is 5.38 Å². The van der Waals surface area contributed by atoms with Crippen LogP contribution in [-0.2, 0) is 6.54 Å². The summed E-state index contributed by atoms with van der Waals surface area (Å²) in [7, 11) is 0. The van der Waals surface area contributed by atoms with E-state index in [1.54, 1.807) is 5.38 Å². The van der Waals surface area contributed by atoms with E-state index in [0.29, 0.717) is 18.2 Å². The largest absolute Gasteiger partial charge is 0.476 e. The SMILES string of the molecule is CC(C)C(CO)NCc1csc(C(=O)O)n1. The van der Waals surface area contributed by atoms with Crippen molar-refractivity contribution in [1.29, 1.82) is 0 Å². The van der Waals surface area contributed by atoms with Crippen molar-refractivity contribution in [2.75, 3.05) is 6.61 Å². The van der Waals surface area contributed by atoms with Crippen LogP contribution in [0.5, 0.6) is 0 Å². The summed E-state index contributed by atoms with van der Waals surface area (Å²) in [6.45, 7) is 4.57. The predicted octanol–water partition coefficient (Wildman–Crippen LogP) is 0.948. The highest BCUT2D eigenvalue weighted by Gasteiger charge is 2.13. The Morgan fingerprint density at radius 1 is 1.62 bits per heavy atom. The summed E-state index contributed by atoms with van der Waals surface area (Å²) in [5.41, 5.74) is 0.696. The number of thiazole rings is 1. The molecule has 0 fully saturated rings. The number of nitrogens with one attached hydrogen (secondary N) is 1. The molecule has 0 saturated carbocycles. The molecule has 1 heterocycles. The number of hydrogen-bond acceptors (Lipinski definition) is 5. The molecule has 0 amide bonds. The summed E-state index contributed by atoms with van der Waals surface area (Å²) >= 11 is 1.11. The molecule has 1 rings (SSSR count). The second kappa shape index (κ2) is 5.93. The molecule has 16 heavy (non-hydrogen) atoms. The van der Waals surface area contributed by atoms with E-state index in [0.717, 1.165) is 11.3 Å². The van der Waals surface area contributed by atoms with Crippen LogP contribution in [0, 0.1) is 5.92 Å². The van der Waals surface area contributed by atoms with E-state index >= 15 is 0 Å². The van der Waals surface area contributed by atoms with Crippen molar-refractivity contribution in [3.63, 3.8) is 0 Å². The fourth-order valence-corrected chi connectivity index (χ4v) is 1.89. The van der Waals surface area contributed by atoms with Gasteiger partial charge in [-0.15, -0.1) is 11.3 Å². The van der Waals surface area contributed by atoms with Gasteiger partial charge in [-0.3, -0.25) is 0 Å². The van der Waals surface area contributed by atoms with Crippen molar-refractivity contribution < 1.29 is 15.0 Å². The topological polar surface area (TPSA) is 82.5 Å². The number of carboxylic acid groups (broad SMARTS) is 1. The summed E-state index contributed by atoms with van der Waals surface area (Å²) in [6.07, 6.45) is 0. The summed E-state index contributed by atoms with van der Waals surface area (Å²) in [6, 6.07) is 0.00924. The molecule has 1 aromatic rings. The fourth-order valence-electron chi connectivity index (χ4n) is 1.23. The molecule has 3 N–H and O–H groups in total. The third-order valence-electron chi connectivity index (χ3n) is 2.28. The predicted molar refractivity (Wildman–Crippen MR) is 61.6 cm³/mol. The highest BCUT2D eigenvalue weighted by Crippen LogP contribution is 2.10. The van der Waals surface area contributed by atoms with E-state index in [1.807, 2.05) is 13.8 Å². The minimum Gasteiger partial charge on any atom is -0.476 e. The third kappa shape index (κ3) is 3.55. The summed E-state index contributed by atoms with van der Waals surface area (Å²) < 4.78 is 0. The number of hydrogen-bond donors (Lipinski definition) is 3. The molecule has 6 heteroatoms. The van der Waals surface area contributed by atoms with E-state index < -0.39 is 5.97 Å². The van der Waals surface area contributed by atoms with Crippen LogP contribution in [0.2, 0.25) is 0 Å². The van der Waals surface area contributed by atoms with Crippen molar-refractivity contribution in [3.8, 4) is 0 Å². The number of aliphatic hydroxyl groups excluding tert-OH is 1. The molecule has 0 spiro atoms. The Labute approximate surface area is 98.1 Å². The van der Waals surface area contributed by atoms with Gasteiger partial charge in [0.1, 0.15) is 0 Å². The van der Waals surface area contributed by atoms with Crippen LogP contribution in [-0.4, -0.2) is 33.8 Å². The molecular weight excluding hydrogens is 228 g/mol. The highest BCUT2D eigenvalue weighted by atomic mass is 32.1. The van der Waals surface area contributed by atoms with Crippen LogP contribution in [0.1, 0.15) is 29.3 Å². The molecule has 1 atom stereocenters. The van der Waals surface area contributed by atoms with Crippen molar-refractivity contribution in [2.45, 2.75) is 26.4 Å². The van der Waals surface area contributed by atoms with Gasteiger partial charge in [0.25, 0.3) is 0 Å². The molecule has 0 saturated heterocycles. The Hall–Kier alpha value is -0.980. The molecule has 0 bridgehead atoms. The normalized spacial score (nSPS) is 13.0. The number of nitrogens with zero attached hydrogens (tertiary/aromatic N) is 1. The quantitative estimate of drug-likeness (QED) is 0.694. The van der Waals surface area contributed by atoms with E-state index in [2.05, 4.69) is 10.3 Å². The second-order valence-corrected chi connectivity index (χ2v) is 4.72. The van der Waals surface area contributed by atoms with Gasteiger partial charge in [-0.2, -0.15) is 0 Å². The maximum Gasteiger partial charge on any atom is 0.365 e. The molecular formula is C10H16N2O3S. The first-order valence-electron chi connectivity index (χ1n) is 5.06. The number of aromatic nitrogens is 1. The van der Waals surface area contributed by atoms with Gasteiger partial charge in [0.15, 0.2) is 0 Å². The Kier molecular flexibility index (Phi) is 4.85. The lowest BCUT2D eigenvalue weighted by Gasteiger charge is -2.19. The molecule has 5 nitrogen and oxygen atoms in total. The smallest absolute Gasteiger partial charge is 0.365 e. The summed E-state index contributed by atoms with van der Waals surface area (Å²) in [5, 5.41) is 22.7. The lowest BCUT2D eigenvalue weighted by molar-refractivity contribution is 0.0696. The number of rotatable bonds is 6. The zero-order valence-corrected chi connectivity index (χ0v) is 10.1. The molecule has 0 aromatic carbocycles. The van der Waals surface area contributed by atoms with Gasteiger partial charge in [0.2, 0.25) is 5.01 Å². The van der Waals surface area contributed by atoms with E-state index in [-0.39, 0.29) is 17.7 Å². The van der Waals surface area contributed by atoms with Gasteiger partial charge in [-0.25, -0.2) is 9.78 Å². The van der Waals surface area contributed by atoms with E-state index in [1.165, 1.54) is 0 Å². The maximum atomic E-state index is 10.6. The minimum absolute atomic E-state index is 0.00924. The van der Waals surface area contributed by atoms with Crippen LogP contribution < -0.4 is 5.32 Å². The first-order chi connectivity index (χ1) is 7.54. The van der Waals surface area contributed by atoms with Crippen molar-refractivity contribution in [1.82, 2.24) is 10.3 Å². The van der Waals surface area contributed by atoms with Crippen molar-refractivity contribution >= 4 is 17.3 Å². The highest BCUT2D eigenvalue weighted by molar-refractivity contribution is 7.11. The summed E-state index contributed by atoms with van der Waals surface area (Å²) in [4.78, 5) is 14.6. The third-order valence-corrected chi connectivity index (χ3v) is 3.16. The molecule has 1 unspecified atom stereocenters. The van der Waals surface area contributed by atoms with Crippen LogP contribution in [0.4, 0.5) is 0 Å². The van der Waals surface area contributed by atoms with Gasteiger partial charge < -0.3 is 15.5 Å². The average Bonchev–Trinajstić information content (AvgIpc) is 2.67. The van der Waals surface area contributed by atoms with Crippen molar-refractivity contribution in [2.24, 2.45) is 5.92 Å². The monoisotopic (exact) mass is 244 g/mol. The van der Waals surface area contributed by atoms with Crippen LogP contribution in [0.3, 0.4) is 0 Å². The van der Waals surface area contributed by atoms with Crippen LogP contribution >= 0.6 is 11.3 Å². The summed E-state index contributed by atoms with van der Waals surface area (Å²) in [5.74, 6) is -0.679. The fraction of sp³-hybridized carbons (Fsp3) is 0.600. The minimum atomic E-state index is -1.00. The zero-order valence-electron chi connectivity index (χ0n) is 9.30. The Balaban J connectivity index is 2.50. The molecule has 0 radical (unpaired) electrons. The lowest BCUT2D eigenvalue weighted by Crippen LogP contribution is -2.36. The number of carbonyl (C=O) groups is 1. The Morgan fingerprint density at radius 2 is 2.31 bits per heavy atom. The number of aromatic carboxylic acids is 1. The van der Waals surface area contributed by atoms with Crippen molar-refractivity contribution in [3.05, 3.63) is 16.1 Å². The Morgan fingerprint density at radius 3 is 2.75 bits per heavy atom. The first kappa shape index (κ1) is 13.1.